The minimum Gasteiger partial charge on any atom is -0.329 e. The summed E-state index contributed by atoms with van der Waals surface area (Å²) in [5.41, 5.74) is 8.87. The average molecular weight is 302 g/mol. The summed E-state index contributed by atoms with van der Waals surface area (Å²) in [7, 11) is 2.15. The number of nitrogens with zero attached hydrogens (tertiary/aromatic N) is 1. The summed E-state index contributed by atoms with van der Waals surface area (Å²) in [5.74, 6) is 0. The summed E-state index contributed by atoms with van der Waals surface area (Å²) in [4.78, 5) is 3.71. The first-order chi connectivity index (χ1) is 9.91. The Bertz CT molecular complexity index is 538. The molecule has 2 nitrogen and oxygen atoms in total. The van der Waals surface area contributed by atoms with Crippen LogP contribution in [0.2, 0.25) is 0 Å². The molecule has 2 N–H and O–H groups in total. The van der Waals surface area contributed by atoms with E-state index in [1.165, 1.54) is 16.0 Å². The molecule has 0 bridgehead atoms. The van der Waals surface area contributed by atoms with Crippen molar-refractivity contribution in [2.45, 2.75) is 38.8 Å². The van der Waals surface area contributed by atoms with Crippen LogP contribution in [0.5, 0.6) is 0 Å². The SMILES string of the molecule is CN(Cc1cccs1)C(CN)c1ccc(C(C)(C)C)cc1. The summed E-state index contributed by atoms with van der Waals surface area (Å²) in [5, 5.41) is 2.12. The van der Waals surface area contributed by atoms with Crippen molar-refractivity contribution >= 4 is 11.3 Å². The van der Waals surface area contributed by atoms with Gasteiger partial charge < -0.3 is 5.73 Å². The number of hydrogen-bond acceptors (Lipinski definition) is 3. The first-order valence-corrected chi connectivity index (χ1v) is 8.33. The van der Waals surface area contributed by atoms with E-state index in [4.69, 9.17) is 5.73 Å². The molecule has 1 unspecified atom stereocenters. The summed E-state index contributed by atoms with van der Waals surface area (Å²) < 4.78 is 0. The first kappa shape index (κ1) is 16.2. The molecule has 21 heavy (non-hydrogen) atoms. The number of benzene rings is 1. The van der Waals surface area contributed by atoms with Gasteiger partial charge in [-0.25, -0.2) is 0 Å². The third-order valence-corrected chi connectivity index (χ3v) is 4.76. The van der Waals surface area contributed by atoms with E-state index in [2.05, 4.69) is 74.5 Å². The Hall–Kier alpha value is -1.16. The van der Waals surface area contributed by atoms with E-state index in [0.29, 0.717) is 6.54 Å². The Morgan fingerprint density at radius 1 is 1.14 bits per heavy atom. The zero-order valence-electron chi connectivity index (χ0n) is 13.5. The van der Waals surface area contributed by atoms with Gasteiger partial charge >= 0.3 is 0 Å². The second-order valence-electron chi connectivity index (χ2n) is 6.62. The minimum absolute atomic E-state index is 0.194. The van der Waals surface area contributed by atoms with Crippen molar-refractivity contribution in [3.8, 4) is 0 Å². The highest BCUT2D eigenvalue weighted by molar-refractivity contribution is 7.09. The molecule has 0 fully saturated rings. The van der Waals surface area contributed by atoms with Crippen LogP contribution in [0.3, 0.4) is 0 Å². The van der Waals surface area contributed by atoms with Crippen LogP contribution in [0.4, 0.5) is 0 Å². The van der Waals surface area contributed by atoms with Gasteiger partial charge in [-0.15, -0.1) is 11.3 Å². The van der Waals surface area contributed by atoms with Gasteiger partial charge in [0.2, 0.25) is 0 Å². The molecule has 0 aliphatic carbocycles. The molecule has 2 aromatic rings. The van der Waals surface area contributed by atoms with Crippen LogP contribution in [-0.2, 0) is 12.0 Å². The third kappa shape index (κ3) is 4.16. The molecule has 0 aliphatic rings. The molecule has 2 rings (SSSR count). The van der Waals surface area contributed by atoms with Crippen LogP contribution >= 0.6 is 11.3 Å². The lowest BCUT2D eigenvalue weighted by molar-refractivity contribution is 0.244. The van der Waals surface area contributed by atoms with Crippen LogP contribution in [0, 0.1) is 0 Å². The van der Waals surface area contributed by atoms with Gasteiger partial charge in [0.1, 0.15) is 0 Å². The van der Waals surface area contributed by atoms with E-state index in [9.17, 15) is 0 Å². The van der Waals surface area contributed by atoms with Crippen molar-refractivity contribution in [1.29, 1.82) is 0 Å². The molecule has 114 valence electrons. The predicted octanol–water partition coefficient (Wildman–Crippen LogP) is 4.18. The minimum atomic E-state index is 0.194. The molecule has 0 saturated carbocycles. The monoisotopic (exact) mass is 302 g/mol. The summed E-state index contributed by atoms with van der Waals surface area (Å²) >= 11 is 1.80. The molecule has 0 spiro atoms. The topological polar surface area (TPSA) is 29.3 Å². The molecular formula is C18H26N2S. The number of hydrogen-bond donors (Lipinski definition) is 1. The van der Waals surface area contributed by atoms with E-state index < -0.39 is 0 Å². The van der Waals surface area contributed by atoms with Crippen molar-refractivity contribution < 1.29 is 0 Å². The fourth-order valence-corrected chi connectivity index (χ4v) is 3.30. The predicted molar refractivity (Wildman–Crippen MR) is 92.7 cm³/mol. The Morgan fingerprint density at radius 2 is 1.81 bits per heavy atom. The van der Waals surface area contributed by atoms with Crippen molar-refractivity contribution in [3.63, 3.8) is 0 Å². The average Bonchev–Trinajstić information content (AvgIpc) is 2.92. The number of likely N-dealkylation sites (N-methyl/N-ethyl adjacent to an activating group) is 1. The lowest BCUT2D eigenvalue weighted by Crippen LogP contribution is -2.30. The number of thiophene rings is 1. The first-order valence-electron chi connectivity index (χ1n) is 7.45. The largest absolute Gasteiger partial charge is 0.329 e. The summed E-state index contributed by atoms with van der Waals surface area (Å²) in [6.07, 6.45) is 0. The standard InChI is InChI=1S/C18H26N2S/c1-18(2,3)15-9-7-14(8-10-15)17(12-19)20(4)13-16-6-5-11-21-16/h5-11,17H,12-13,19H2,1-4H3. The molecule has 1 aromatic heterocycles. The molecular weight excluding hydrogens is 276 g/mol. The highest BCUT2D eigenvalue weighted by atomic mass is 32.1. The fraction of sp³-hybridized carbons (Fsp3) is 0.444. The lowest BCUT2D eigenvalue weighted by atomic mass is 9.86. The van der Waals surface area contributed by atoms with Crippen LogP contribution in [0.1, 0.15) is 42.8 Å². The Morgan fingerprint density at radius 3 is 2.29 bits per heavy atom. The van der Waals surface area contributed by atoms with E-state index in [-0.39, 0.29) is 11.5 Å². The van der Waals surface area contributed by atoms with Crippen molar-refractivity contribution in [2.75, 3.05) is 13.6 Å². The molecule has 1 heterocycles. The molecule has 0 amide bonds. The summed E-state index contributed by atoms with van der Waals surface area (Å²) in [6, 6.07) is 13.5. The lowest BCUT2D eigenvalue weighted by Gasteiger charge is -2.28. The number of rotatable bonds is 5. The maximum atomic E-state index is 6.02. The van der Waals surface area contributed by atoms with Gasteiger partial charge in [-0.2, -0.15) is 0 Å². The van der Waals surface area contributed by atoms with E-state index >= 15 is 0 Å². The van der Waals surface area contributed by atoms with Crippen LogP contribution in [-0.4, -0.2) is 18.5 Å². The quantitative estimate of drug-likeness (QED) is 0.898. The van der Waals surface area contributed by atoms with E-state index in [1.807, 2.05) is 0 Å². The van der Waals surface area contributed by atoms with Gasteiger partial charge in [0, 0.05) is 24.0 Å². The fourth-order valence-electron chi connectivity index (χ4n) is 2.53. The van der Waals surface area contributed by atoms with E-state index in [1.54, 1.807) is 11.3 Å². The maximum absolute atomic E-state index is 6.02. The molecule has 0 aliphatic heterocycles. The van der Waals surface area contributed by atoms with Gasteiger partial charge in [0.15, 0.2) is 0 Å². The zero-order chi connectivity index (χ0) is 15.5. The molecule has 1 aromatic carbocycles. The van der Waals surface area contributed by atoms with Crippen LogP contribution < -0.4 is 5.73 Å². The molecule has 1 atom stereocenters. The van der Waals surface area contributed by atoms with Gasteiger partial charge in [0.05, 0.1) is 0 Å². The van der Waals surface area contributed by atoms with Crippen LogP contribution in [0.25, 0.3) is 0 Å². The highest BCUT2D eigenvalue weighted by Crippen LogP contribution is 2.26. The van der Waals surface area contributed by atoms with Crippen molar-refractivity contribution in [2.24, 2.45) is 5.73 Å². The Balaban J connectivity index is 2.13. The molecule has 0 radical (unpaired) electrons. The maximum Gasteiger partial charge on any atom is 0.0471 e. The van der Waals surface area contributed by atoms with E-state index in [0.717, 1.165) is 6.54 Å². The van der Waals surface area contributed by atoms with Crippen molar-refractivity contribution in [3.05, 3.63) is 57.8 Å². The van der Waals surface area contributed by atoms with Gasteiger partial charge in [-0.05, 0) is 35.0 Å². The Labute approximate surface area is 132 Å². The smallest absolute Gasteiger partial charge is 0.0471 e. The zero-order valence-corrected chi connectivity index (χ0v) is 14.3. The molecule has 3 heteroatoms. The second kappa shape index (κ2) is 6.73. The van der Waals surface area contributed by atoms with Crippen molar-refractivity contribution in [1.82, 2.24) is 4.90 Å². The Kier molecular flexibility index (Phi) is 5.20. The number of nitrogens with two attached hydrogens (primary N) is 1. The normalized spacial score (nSPS) is 13.6. The molecule has 0 saturated heterocycles. The van der Waals surface area contributed by atoms with Gasteiger partial charge in [-0.1, -0.05) is 51.1 Å². The van der Waals surface area contributed by atoms with Gasteiger partial charge in [0.25, 0.3) is 0 Å². The van der Waals surface area contributed by atoms with Crippen LogP contribution in [0.15, 0.2) is 41.8 Å². The van der Waals surface area contributed by atoms with Gasteiger partial charge in [-0.3, -0.25) is 4.90 Å². The highest BCUT2D eigenvalue weighted by Gasteiger charge is 2.18. The third-order valence-electron chi connectivity index (χ3n) is 3.90. The second-order valence-corrected chi connectivity index (χ2v) is 7.65. The summed E-state index contributed by atoms with van der Waals surface area (Å²) in [6.45, 7) is 8.30.